The fraction of sp³-hybridized carbons (Fsp3) is 0.560. The van der Waals surface area contributed by atoms with Gasteiger partial charge in [-0.25, -0.2) is 0 Å². The number of benzene rings is 1. The van der Waals surface area contributed by atoms with E-state index in [2.05, 4.69) is 37.3 Å². The maximum atomic E-state index is 8.44. The SMILES string of the molecule is CCc1ccc(CCCCC2CCC(CCC=CC=CC#N)CC2)cc1. The lowest BCUT2D eigenvalue weighted by Crippen LogP contribution is -2.14. The average Bonchev–Trinajstić information content (AvgIpc) is 2.69. The maximum absolute atomic E-state index is 8.44. The van der Waals surface area contributed by atoms with Gasteiger partial charge in [-0.05, 0) is 55.1 Å². The second-order valence-electron chi connectivity index (χ2n) is 7.80. The molecule has 26 heavy (non-hydrogen) atoms. The van der Waals surface area contributed by atoms with Crippen molar-refractivity contribution in [3.8, 4) is 6.07 Å². The van der Waals surface area contributed by atoms with Crippen molar-refractivity contribution in [2.75, 3.05) is 0 Å². The molecule has 1 aliphatic carbocycles. The Morgan fingerprint density at radius 2 is 1.58 bits per heavy atom. The van der Waals surface area contributed by atoms with E-state index < -0.39 is 0 Å². The number of rotatable bonds is 10. The van der Waals surface area contributed by atoms with Crippen LogP contribution in [0.4, 0.5) is 0 Å². The third kappa shape index (κ3) is 8.05. The monoisotopic (exact) mass is 349 g/mol. The molecule has 0 atom stereocenters. The molecule has 2 rings (SSSR count). The van der Waals surface area contributed by atoms with E-state index in [4.69, 9.17) is 5.26 Å². The molecule has 1 aliphatic rings. The van der Waals surface area contributed by atoms with Crippen molar-refractivity contribution in [2.24, 2.45) is 11.8 Å². The Balaban J connectivity index is 1.52. The van der Waals surface area contributed by atoms with E-state index in [1.54, 1.807) is 0 Å². The van der Waals surface area contributed by atoms with Crippen molar-refractivity contribution in [2.45, 2.75) is 77.6 Å². The second-order valence-corrected chi connectivity index (χ2v) is 7.80. The molecule has 0 aromatic heterocycles. The van der Waals surface area contributed by atoms with Gasteiger partial charge in [0.05, 0.1) is 6.07 Å². The van der Waals surface area contributed by atoms with Gasteiger partial charge in [0.25, 0.3) is 0 Å². The molecule has 0 unspecified atom stereocenters. The molecule has 1 aromatic rings. The molecular formula is C25H35N. The van der Waals surface area contributed by atoms with E-state index in [9.17, 15) is 0 Å². The van der Waals surface area contributed by atoms with Gasteiger partial charge in [-0.15, -0.1) is 0 Å². The topological polar surface area (TPSA) is 23.8 Å². The number of aryl methyl sites for hydroxylation is 2. The summed E-state index contributed by atoms with van der Waals surface area (Å²) < 4.78 is 0. The van der Waals surface area contributed by atoms with Gasteiger partial charge in [0.2, 0.25) is 0 Å². The Kier molecular flexibility index (Phi) is 9.88. The quantitative estimate of drug-likeness (QED) is 0.249. The van der Waals surface area contributed by atoms with Crippen molar-refractivity contribution >= 4 is 0 Å². The van der Waals surface area contributed by atoms with Crippen LogP contribution in [0.2, 0.25) is 0 Å². The number of nitrogens with zero attached hydrogens (tertiary/aromatic N) is 1. The zero-order valence-corrected chi connectivity index (χ0v) is 16.5. The molecule has 1 heteroatoms. The third-order valence-corrected chi connectivity index (χ3v) is 5.88. The van der Waals surface area contributed by atoms with Gasteiger partial charge in [0, 0.05) is 6.08 Å². The Morgan fingerprint density at radius 1 is 0.923 bits per heavy atom. The molecule has 0 bridgehead atoms. The van der Waals surface area contributed by atoms with Crippen LogP contribution in [0.5, 0.6) is 0 Å². The van der Waals surface area contributed by atoms with Crippen molar-refractivity contribution in [3.63, 3.8) is 0 Å². The molecule has 0 amide bonds. The molecule has 0 heterocycles. The average molecular weight is 350 g/mol. The van der Waals surface area contributed by atoms with Gasteiger partial charge >= 0.3 is 0 Å². The normalized spacial score (nSPS) is 20.6. The highest BCUT2D eigenvalue weighted by Crippen LogP contribution is 2.34. The summed E-state index contributed by atoms with van der Waals surface area (Å²) in [5.41, 5.74) is 2.95. The molecule has 0 spiro atoms. The standard InChI is InChI=1S/C25H35N/c1-2-22-13-15-24(16-14-22)11-7-8-12-25-19-17-23(18-20-25)10-6-4-3-5-9-21-26/h3-5,9,13-16,23,25H,2,6-8,10-12,17-20H2,1H3. The van der Waals surface area contributed by atoms with Crippen LogP contribution in [0.1, 0.15) is 75.8 Å². The predicted molar refractivity (Wildman–Crippen MR) is 112 cm³/mol. The summed E-state index contributed by atoms with van der Waals surface area (Å²) in [4.78, 5) is 0. The van der Waals surface area contributed by atoms with Crippen LogP contribution < -0.4 is 0 Å². The van der Waals surface area contributed by atoms with Crippen LogP contribution in [0.25, 0.3) is 0 Å². The van der Waals surface area contributed by atoms with Gasteiger partial charge < -0.3 is 0 Å². The lowest BCUT2D eigenvalue weighted by Gasteiger charge is -2.28. The maximum Gasteiger partial charge on any atom is 0.0912 e. The zero-order valence-electron chi connectivity index (χ0n) is 16.5. The fourth-order valence-electron chi connectivity index (χ4n) is 4.12. The van der Waals surface area contributed by atoms with Crippen LogP contribution in [0, 0.1) is 23.2 Å². The van der Waals surface area contributed by atoms with Gasteiger partial charge in [-0.2, -0.15) is 5.26 Å². The fourth-order valence-corrected chi connectivity index (χ4v) is 4.12. The lowest BCUT2D eigenvalue weighted by molar-refractivity contribution is 0.250. The highest BCUT2D eigenvalue weighted by atomic mass is 14.3. The Labute approximate surface area is 160 Å². The molecule has 0 aliphatic heterocycles. The van der Waals surface area contributed by atoms with E-state index in [0.717, 1.165) is 24.7 Å². The minimum Gasteiger partial charge on any atom is -0.193 e. The van der Waals surface area contributed by atoms with Crippen molar-refractivity contribution < 1.29 is 0 Å². The molecule has 0 radical (unpaired) electrons. The number of allylic oxidation sites excluding steroid dienone is 4. The minimum absolute atomic E-state index is 0.924. The molecule has 1 fully saturated rings. The number of unbranched alkanes of at least 4 members (excludes halogenated alkanes) is 1. The van der Waals surface area contributed by atoms with Crippen LogP contribution in [-0.2, 0) is 12.8 Å². The van der Waals surface area contributed by atoms with Gasteiger partial charge in [0.1, 0.15) is 0 Å². The largest absolute Gasteiger partial charge is 0.193 e. The summed E-state index contributed by atoms with van der Waals surface area (Å²) in [6, 6.07) is 11.2. The van der Waals surface area contributed by atoms with Crippen LogP contribution in [-0.4, -0.2) is 0 Å². The first-order valence-electron chi connectivity index (χ1n) is 10.6. The smallest absolute Gasteiger partial charge is 0.0912 e. The number of hydrogen-bond acceptors (Lipinski definition) is 1. The first-order valence-corrected chi connectivity index (χ1v) is 10.6. The molecule has 140 valence electrons. The summed E-state index contributed by atoms with van der Waals surface area (Å²) in [6.45, 7) is 2.22. The molecule has 1 saturated carbocycles. The van der Waals surface area contributed by atoms with Crippen molar-refractivity contribution in [1.29, 1.82) is 5.26 Å². The number of hydrogen-bond donors (Lipinski definition) is 0. The van der Waals surface area contributed by atoms with E-state index in [1.807, 2.05) is 18.2 Å². The highest BCUT2D eigenvalue weighted by Gasteiger charge is 2.20. The highest BCUT2D eigenvalue weighted by molar-refractivity contribution is 5.22. The molecule has 1 aromatic carbocycles. The van der Waals surface area contributed by atoms with E-state index >= 15 is 0 Å². The van der Waals surface area contributed by atoms with Crippen LogP contribution in [0.15, 0.2) is 48.6 Å². The summed E-state index contributed by atoms with van der Waals surface area (Å²) in [7, 11) is 0. The third-order valence-electron chi connectivity index (χ3n) is 5.88. The predicted octanol–water partition coefficient (Wildman–Crippen LogP) is 7.18. The van der Waals surface area contributed by atoms with Crippen molar-refractivity contribution in [1.82, 2.24) is 0 Å². The molecule has 0 saturated heterocycles. The molecule has 1 nitrogen and oxygen atoms in total. The van der Waals surface area contributed by atoms with E-state index in [1.165, 1.54) is 75.0 Å². The number of nitriles is 1. The van der Waals surface area contributed by atoms with Gasteiger partial charge in [-0.1, -0.05) is 87.9 Å². The molecule has 0 N–H and O–H groups in total. The summed E-state index contributed by atoms with van der Waals surface area (Å²) in [5, 5.41) is 8.44. The first-order chi connectivity index (χ1) is 12.8. The Hall–Kier alpha value is -1.81. The van der Waals surface area contributed by atoms with E-state index in [0.29, 0.717) is 0 Å². The van der Waals surface area contributed by atoms with Crippen LogP contribution >= 0.6 is 0 Å². The first kappa shape index (κ1) is 20.5. The second kappa shape index (κ2) is 12.5. The van der Waals surface area contributed by atoms with Crippen molar-refractivity contribution in [3.05, 3.63) is 59.7 Å². The van der Waals surface area contributed by atoms with Gasteiger partial charge in [-0.3, -0.25) is 0 Å². The summed E-state index contributed by atoms with van der Waals surface area (Å²) in [6.07, 6.45) is 22.3. The minimum atomic E-state index is 0.924. The Bertz CT molecular complexity index is 580. The summed E-state index contributed by atoms with van der Waals surface area (Å²) >= 11 is 0. The Morgan fingerprint density at radius 3 is 2.23 bits per heavy atom. The molecular weight excluding hydrogens is 314 g/mol. The lowest BCUT2D eigenvalue weighted by atomic mass is 9.78. The van der Waals surface area contributed by atoms with E-state index in [-0.39, 0.29) is 0 Å². The van der Waals surface area contributed by atoms with Crippen LogP contribution in [0.3, 0.4) is 0 Å². The van der Waals surface area contributed by atoms with Gasteiger partial charge in [0.15, 0.2) is 0 Å². The zero-order chi connectivity index (χ0) is 18.5. The summed E-state index contributed by atoms with van der Waals surface area (Å²) in [5.74, 6) is 1.90.